The van der Waals surface area contributed by atoms with Crippen LogP contribution in [0.1, 0.15) is 33.6 Å². The van der Waals surface area contributed by atoms with E-state index >= 15 is 0 Å². The molecule has 0 aliphatic carbocycles. The molecule has 2 amide bonds. The maximum Gasteiger partial charge on any atom is 0.244 e. The van der Waals surface area contributed by atoms with E-state index in [9.17, 15) is 9.59 Å². The van der Waals surface area contributed by atoms with E-state index in [4.69, 9.17) is 0 Å². The van der Waals surface area contributed by atoms with Crippen molar-refractivity contribution in [2.24, 2.45) is 5.92 Å². The summed E-state index contributed by atoms with van der Waals surface area (Å²) < 4.78 is 0. The van der Waals surface area contributed by atoms with Crippen molar-refractivity contribution < 1.29 is 9.59 Å². The van der Waals surface area contributed by atoms with Gasteiger partial charge in [0.25, 0.3) is 0 Å². The lowest BCUT2D eigenvalue weighted by molar-refractivity contribution is -0.136. The fraction of sp³-hybridized carbons (Fsp3) is 0.846. The van der Waals surface area contributed by atoms with Crippen molar-refractivity contribution >= 4 is 11.8 Å². The van der Waals surface area contributed by atoms with E-state index in [1.54, 1.807) is 6.92 Å². The summed E-state index contributed by atoms with van der Waals surface area (Å²) in [6.45, 7) is 8.78. The van der Waals surface area contributed by atoms with Gasteiger partial charge in [-0.2, -0.15) is 0 Å². The van der Waals surface area contributed by atoms with Gasteiger partial charge in [-0.05, 0) is 26.3 Å². The number of hydrogen-bond donors (Lipinski definition) is 2. The van der Waals surface area contributed by atoms with Gasteiger partial charge in [0, 0.05) is 25.6 Å². The number of carbonyl (C=O) groups excluding carboxylic acids is 2. The smallest absolute Gasteiger partial charge is 0.244 e. The minimum Gasteiger partial charge on any atom is -0.344 e. The van der Waals surface area contributed by atoms with Crippen LogP contribution >= 0.6 is 0 Å². The quantitative estimate of drug-likeness (QED) is 0.720. The highest BCUT2D eigenvalue weighted by molar-refractivity contribution is 5.88. The highest BCUT2D eigenvalue weighted by atomic mass is 16.2. The van der Waals surface area contributed by atoms with Crippen LogP contribution in [-0.2, 0) is 9.59 Å². The summed E-state index contributed by atoms with van der Waals surface area (Å²) in [5.74, 6) is -0.133. The Balaban J connectivity index is 2.35. The minimum absolute atomic E-state index is 0.0384. The van der Waals surface area contributed by atoms with E-state index < -0.39 is 6.04 Å². The van der Waals surface area contributed by atoms with Crippen LogP contribution in [0.2, 0.25) is 0 Å². The molecule has 1 rings (SSSR count). The zero-order valence-electron chi connectivity index (χ0n) is 11.7. The molecule has 2 atom stereocenters. The molecule has 5 nitrogen and oxygen atoms in total. The molecule has 1 saturated heterocycles. The summed E-state index contributed by atoms with van der Waals surface area (Å²) in [7, 11) is 0. The minimum atomic E-state index is -0.417. The Morgan fingerprint density at radius 3 is 2.39 bits per heavy atom. The van der Waals surface area contributed by atoms with Crippen molar-refractivity contribution in [3.05, 3.63) is 0 Å². The largest absolute Gasteiger partial charge is 0.344 e. The Hall–Kier alpha value is -1.10. The van der Waals surface area contributed by atoms with Gasteiger partial charge in [0.15, 0.2) is 0 Å². The average molecular weight is 255 g/mol. The predicted molar refractivity (Wildman–Crippen MR) is 71.1 cm³/mol. The normalized spacial score (nSPS) is 18.5. The molecule has 0 spiro atoms. The lowest BCUT2D eigenvalue weighted by atomic mass is 10.1. The highest BCUT2D eigenvalue weighted by Gasteiger charge is 2.25. The van der Waals surface area contributed by atoms with Crippen molar-refractivity contribution in [1.82, 2.24) is 15.5 Å². The van der Waals surface area contributed by atoms with E-state index in [0.717, 1.165) is 32.5 Å². The van der Waals surface area contributed by atoms with Gasteiger partial charge < -0.3 is 15.5 Å². The topological polar surface area (TPSA) is 61.4 Å². The lowest BCUT2D eigenvalue weighted by Crippen LogP contribution is -2.48. The second kappa shape index (κ2) is 7.36. The third kappa shape index (κ3) is 4.29. The second-order valence-electron chi connectivity index (χ2n) is 4.97. The van der Waals surface area contributed by atoms with Crippen molar-refractivity contribution in [2.75, 3.05) is 26.2 Å². The Bertz CT molecular complexity index is 288. The molecule has 104 valence electrons. The molecule has 2 N–H and O–H groups in total. The van der Waals surface area contributed by atoms with Crippen LogP contribution in [0.15, 0.2) is 0 Å². The molecule has 5 heteroatoms. The molecule has 0 aromatic heterocycles. The zero-order valence-corrected chi connectivity index (χ0v) is 11.7. The van der Waals surface area contributed by atoms with Gasteiger partial charge in [-0.1, -0.05) is 13.8 Å². The maximum absolute atomic E-state index is 12.0. The van der Waals surface area contributed by atoms with Crippen LogP contribution < -0.4 is 10.6 Å². The van der Waals surface area contributed by atoms with Crippen LogP contribution in [0.4, 0.5) is 0 Å². The molecule has 0 saturated carbocycles. The molecule has 0 aromatic rings. The molecule has 18 heavy (non-hydrogen) atoms. The van der Waals surface area contributed by atoms with Crippen molar-refractivity contribution in [1.29, 1.82) is 0 Å². The molecular weight excluding hydrogens is 230 g/mol. The standard InChI is InChI=1S/C13H25N3O2/c1-4-14-9-10(2)12(17)15-11(3)13(18)16-7-5-6-8-16/h10-11,14H,4-9H2,1-3H3,(H,15,17). The summed E-state index contributed by atoms with van der Waals surface area (Å²) in [4.78, 5) is 25.7. The highest BCUT2D eigenvalue weighted by Crippen LogP contribution is 2.09. The third-order valence-electron chi connectivity index (χ3n) is 3.30. The van der Waals surface area contributed by atoms with Crippen LogP contribution in [0.5, 0.6) is 0 Å². The number of likely N-dealkylation sites (tertiary alicyclic amines) is 1. The molecule has 0 radical (unpaired) electrons. The van der Waals surface area contributed by atoms with Crippen molar-refractivity contribution in [3.8, 4) is 0 Å². The van der Waals surface area contributed by atoms with Crippen molar-refractivity contribution in [3.63, 3.8) is 0 Å². The van der Waals surface area contributed by atoms with Gasteiger partial charge in [0.1, 0.15) is 6.04 Å². The molecule has 2 unspecified atom stereocenters. The van der Waals surface area contributed by atoms with Crippen LogP contribution in [0.25, 0.3) is 0 Å². The number of nitrogens with zero attached hydrogens (tertiary/aromatic N) is 1. The summed E-state index contributed by atoms with van der Waals surface area (Å²) in [6.07, 6.45) is 2.15. The van der Waals surface area contributed by atoms with E-state index in [2.05, 4.69) is 10.6 Å². The van der Waals surface area contributed by atoms with Crippen LogP contribution in [0.3, 0.4) is 0 Å². The number of carbonyl (C=O) groups is 2. The Kier molecular flexibility index (Phi) is 6.12. The SMILES string of the molecule is CCNCC(C)C(=O)NC(C)C(=O)N1CCCC1. The summed E-state index contributed by atoms with van der Waals surface area (Å²) in [6, 6.07) is -0.417. The molecule has 1 aliphatic heterocycles. The van der Waals surface area contributed by atoms with Crippen LogP contribution in [-0.4, -0.2) is 48.9 Å². The fourth-order valence-electron chi connectivity index (χ4n) is 2.08. The van der Waals surface area contributed by atoms with E-state index in [-0.39, 0.29) is 17.7 Å². The first-order chi connectivity index (χ1) is 8.56. The molecular formula is C13H25N3O2. The number of nitrogens with one attached hydrogen (secondary N) is 2. The van der Waals surface area contributed by atoms with Gasteiger partial charge in [0.2, 0.25) is 11.8 Å². The van der Waals surface area contributed by atoms with E-state index in [0.29, 0.717) is 6.54 Å². The Labute approximate surface area is 109 Å². The lowest BCUT2D eigenvalue weighted by Gasteiger charge is -2.22. The molecule has 0 aromatic carbocycles. The van der Waals surface area contributed by atoms with Gasteiger partial charge in [-0.15, -0.1) is 0 Å². The van der Waals surface area contributed by atoms with Gasteiger partial charge in [-0.3, -0.25) is 9.59 Å². The first-order valence-electron chi connectivity index (χ1n) is 6.86. The average Bonchev–Trinajstić information content (AvgIpc) is 2.88. The summed E-state index contributed by atoms with van der Waals surface area (Å²) >= 11 is 0. The summed E-state index contributed by atoms with van der Waals surface area (Å²) in [5.41, 5.74) is 0. The van der Waals surface area contributed by atoms with Gasteiger partial charge in [0.05, 0.1) is 0 Å². The number of hydrogen-bond acceptors (Lipinski definition) is 3. The third-order valence-corrected chi connectivity index (χ3v) is 3.30. The zero-order chi connectivity index (χ0) is 13.5. The molecule has 0 bridgehead atoms. The van der Waals surface area contributed by atoms with Crippen LogP contribution in [0, 0.1) is 5.92 Å². The molecule has 1 aliphatic rings. The maximum atomic E-state index is 12.0. The molecule has 1 fully saturated rings. The number of rotatable bonds is 6. The number of amides is 2. The predicted octanol–water partition coefficient (Wildman–Crippen LogP) is 0.359. The summed E-state index contributed by atoms with van der Waals surface area (Å²) in [5, 5.41) is 5.93. The first kappa shape index (κ1) is 15.0. The first-order valence-corrected chi connectivity index (χ1v) is 6.86. The van der Waals surface area contributed by atoms with Gasteiger partial charge in [-0.25, -0.2) is 0 Å². The van der Waals surface area contributed by atoms with E-state index in [1.165, 1.54) is 0 Å². The second-order valence-corrected chi connectivity index (χ2v) is 4.97. The Morgan fingerprint density at radius 1 is 1.22 bits per heavy atom. The van der Waals surface area contributed by atoms with Gasteiger partial charge >= 0.3 is 0 Å². The van der Waals surface area contributed by atoms with E-state index in [1.807, 2.05) is 18.7 Å². The Morgan fingerprint density at radius 2 is 1.83 bits per heavy atom. The van der Waals surface area contributed by atoms with Crippen molar-refractivity contribution in [2.45, 2.75) is 39.7 Å². The monoisotopic (exact) mass is 255 g/mol. The fourth-order valence-corrected chi connectivity index (χ4v) is 2.08. The molecule has 1 heterocycles.